The lowest BCUT2D eigenvalue weighted by atomic mass is 10.3. The standard InChI is InChI=1S/C11H15BrN2O2/c1-2-13-8-9(12)7-10(13)11(15)14-3-5-16-6-4-14/h7-8H,2-6H2,1H3. The molecule has 1 aromatic rings. The number of carbonyl (C=O) groups excluding carboxylic acids is 1. The molecule has 1 fully saturated rings. The first-order valence-electron chi connectivity index (χ1n) is 5.45. The Morgan fingerprint density at radius 3 is 2.81 bits per heavy atom. The average Bonchev–Trinajstić information content (AvgIpc) is 2.70. The fourth-order valence-corrected chi connectivity index (χ4v) is 2.31. The second-order valence-electron chi connectivity index (χ2n) is 3.73. The van der Waals surface area contributed by atoms with Crippen molar-refractivity contribution in [3.05, 3.63) is 22.4 Å². The molecule has 0 N–H and O–H groups in total. The minimum atomic E-state index is 0.0934. The SMILES string of the molecule is CCn1cc(Br)cc1C(=O)N1CCOCC1. The highest BCUT2D eigenvalue weighted by atomic mass is 79.9. The number of nitrogens with zero attached hydrogens (tertiary/aromatic N) is 2. The van der Waals surface area contributed by atoms with Gasteiger partial charge in [0.15, 0.2) is 0 Å². The van der Waals surface area contributed by atoms with E-state index in [-0.39, 0.29) is 5.91 Å². The number of ether oxygens (including phenoxy) is 1. The van der Waals surface area contributed by atoms with Crippen molar-refractivity contribution in [2.75, 3.05) is 26.3 Å². The smallest absolute Gasteiger partial charge is 0.270 e. The Balaban J connectivity index is 2.18. The maximum atomic E-state index is 12.2. The van der Waals surface area contributed by atoms with Gasteiger partial charge < -0.3 is 14.2 Å². The lowest BCUT2D eigenvalue weighted by Gasteiger charge is -2.27. The van der Waals surface area contributed by atoms with Crippen molar-refractivity contribution in [2.24, 2.45) is 0 Å². The Hall–Kier alpha value is -0.810. The van der Waals surface area contributed by atoms with Gasteiger partial charge in [-0.2, -0.15) is 0 Å². The van der Waals surface area contributed by atoms with Crippen LogP contribution in [0.4, 0.5) is 0 Å². The maximum Gasteiger partial charge on any atom is 0.270 e. The fourth-order valence-electron chi connectivity index (χ4n) is 1.84. The van der Waals surface area contributed by atoms with E-state index in [1.807, 2.05) is 28.7 Å². The van der Waals surface area contributed by atoms with Crippen molar-refractivity contribution >= 4 is 21.8 Å². The Morgan fingerprint density at radius 2 is 2.19 bits per heavy atom. The largest absolute Gasteiger partial charge is 0.378 e. The second-order valence-corrected chi connectivity index (χ2v) is 4.65. The second kappa shape index (κ2) is 5.01. The number of carbonyl (C=O) groups is 1. The zero-order valence-corrected chi connectivity index (χ0v) is 10.9. The van der Waals surface area contributed by atoms with E-state index in [2.05, 4.69) is 15.9 Å². The quantitative estimate of drug-likeness (QED) is 0.830. The topological polar surface area (TPSA) is 34.5 Å². The van der Waals surface area contributed by atoms with Crippen LogP contribution in [0.1, 0.15) is 17.4 Å². The molecule has 0 bridgehead atoms. The van der Waals surface area contributed by atoms with Gasteiger partial charge in [-0.3, -0.25) is 4.79 Å². The molecule has 1 aliphatic rings. The summed E-state index contributed by atoms with van der Waals surface area (Å²) in [5.74, 6) is 0.0934. The highest BCUT2D eigenvalue weighted by Gasteiger charge is 2.21. The van der Waals surface area contributed by atoms with Gasteiger partial charge in [0.1, 0.15) is 5.69 Å². The summed E-state index contributed by atoms with van der Waals surface area (Å²) in [6, 6.07) is 1.88. The van der Waals surface area contributed by atoms with Crippen molar-refractivity contribution in [3.63, 3.8) is 0 Å². The van der Waals surface area contributed by atoms with Crippen LogP contribution in [0.3, 0.4) is 0 Å². The third-order valence-electron chi connectivity index (χ3n) is 2.72. The van der Waals surface area contributed by atoms with Crippen LogP contribution in [0.5, 0.6) is 0 Å². The number of rotatable bonds is 2. The average molecular weight is 287 g/mol. The first-order chi connectivity index (χ1) is 7.72. The van der Waals surface area contributed by atoms with Gasteiger partial charge in [0.05, 0.1) is 13.2 Å². The van der Waals surface area contributed by atoms with Gasteiger partial charge in [0.2, 0.25) is 0 Å². The van der Waals surface area contributed by atoms with Gasteiger partial charge in [0.25, 0.3) is 5.91 Å². The molecule has 0 spiro atoms. The lowest BCUT2D eigenvalue weighted by Crippen LogP contribution is -2.41. The monoisotopic (exact) mass is 286 g/mol. The highest BCUT2D eigenvalue weighted by molar-refractivity contribution is 9.10. The van der Waals surface area contributed by atoms with Crippen LogP contribution < -0.4 is 0 Å². The van der Waals surface area contributed by atoms with Crippen LogP contribution in [-0.4, -0.2) is 41.7 Å². The van der Waals surface area contributed by atoms with Crippen molar-refractivity contribution < 1.29 is 9.53 Å². The summed E-state index contributed by atoms with van der Waals surface area (Å²) in [7, 11) is 0. The number of amides is 1. The molecule has 0 saturated carbocycles. The minimum Gasteiger partial charge on any atom is -0.378 e. The molecule has 2 heterocycles. The van der Waals surface area contributed by atoms with Gasteiger partial charge in [-0.05, 0) is 28.9 Å². The van der Waals surface area contributed by atoms with Gasteiger partial charge in [-0.15, -0.1) is 0 Å². The molecule has 1 amide bonds. The molecule has 2 rings (SSSR count). The van der Waals surface area contributed by atoms with Crippen molar-refractivity contribution in [1.29, 1.82) is 0 Å². The van der Waals surface area contributed by atoms with Gasteiger partial charge >= 0.3 is 0 Å². The zero-order valence-electron chi connectivity index (χ0n) is 9.28. The molecule has 5 heteroatoms. The summed E-state index contributed by atoms with van der Waals surface area (Å²) in [6.07, 6.45) is 1.94. The first-order valence-corrected chi connectivity index (χ1v) is 6.24. The maximum absolute atomic E-state index is 12.2. The third-order valence-corrected chi connectivity index (χ3v) is 3.15. The number of hydrogen-bond donors (Lipinski definition) is 0. The summed E-state index contributed by atoms with van der Waals surface area (Å²) < 4.78 is 8.15. The predicted octanol–water partition coefficient (Wildman–Crippen LogP) is 1.74. The molecule has 1 saturated heterocycles. The van der Waals surface area contributed by atoms with Crippen molar-refractivity contribution in [1.82, 2.24) is 9.47 Å². The molecule has 0 aromatic carbocycles. The van der Waals surface area contributed by atoms with Crippen LogP contribution in [-0.2, 0) is 11.3 Å². The molecular weight excluding hydrogens is 272 g/mol. The molecule has 1 aromatic heterocycles. The molecule has 88 valence electrons. The Bertz CT molecular complexity index is 383. The minimum absolute atomic E-state index is 0.0934. The van der Waals surface area contributed by atoms with E-state index in [1.165, 1.54) is 0 Å². The zero-order chi connectivity index (χ0) is 11.5. The number of aromatic nitrogens is 1. The van der Waals surface area contributed by atoms with E-state index in [1.54, 1.807) is 0 Å². The van der Waals surface area contributed by atoms with Crippen molar-refractivity contribution in [2.45, 2.75) is 13.5 Å². The lowest BCUT2D eigenvalue weighted by molar-refractivity contribution is 0.0296. The molecule has 0 aliphatic carbocycles. The van der Waals surface area contributed by atoms with Gasteiger partial charge in [-0.25, -0.2) is 0 Å². The molecule has 0 unspecified atom stereocenters. The van der Waals surface area contributed by atoms with Crippen molar-refractivity contribution in [3.8, 4) is 0 Å². The number of morpholine rings is 1. The Morgan fingerprint density at radius 1 is 1.50 bits per heavy atom. The van der Waals surface area contributed by atoms with E-state index in [4.69, 9.17) is 4.74 Å². The molecule has 0 atom stereocenters. The third kappa shape index (κ3) is 2.30. The van der Waals surface area contributed by atoms with E-state index in [0.29, 0.717) is 26.3 Å². The summed E-state index contributed by atoms with van der Waals surface area (Å²) in [6.45, 7) is 5.48. The van der Waals surface area contributed by atoms with Crippen LogP contribution >= 0.6 is 15.9 Å². The summed E-state index contributed by atoms with van der Waals surface area (Å²) in [5, 5.41) is 0. The molecule has 4 nitrogen and oxygen atoms in total. The van der Waals surface area contributed by atoms with Crippen LogP contribution in [0.15, 0.2) is 16.7 Å². The van der Waals surface area contributed by atoms with Crippen LogP contribution in [0.25, 0.3) is 0 Å². The summed E-state index contributed by atoms with van der Waals surface area (Å²) in [4.78, 5) is 14.1. The molecule has 0 radical (unpaired) electrons. The summed E-state index contributed by atoms with van der Waals surface area (Å²) >= 11 is 3.40. The molecular formula is C11H15BrN2O2. The highest BCUT2D eigenvalue weighted by Crippen LogP contribution is 2.17. The number of hydrogen-bond acceptors (Lipinski definition) is 2. The molecule has 16 heavy (non-hydrogen) atoms. The predicted molar refractivity (Wildman–Crippen MR) is 64.5 cm³/mol. The van der Waals surface area contributed by atoms with E-state index >= 15 is 0 Å². The first kappa shape index (κ1) is 11.7. The molecule has 1 aliphatic heterocycles. The van der Waals surface area contributed by atoms with E-state index in [9.17, 15) is 4.79 Å². The number of halogens is 1. The van der Waals surface area contributed by atoms with E-state index < -0.39 is 0 Å². The number of aryl methyl sites for hydroxylation is 1. The van der Waals surface area contributed by atoms with Crippen LogP contribution in [0, 0.1) is 0 Å². The Labute approximate surface area is 103 Å². The van der Waals surface area contributed by atoms with E-state index in [0.717, 1.165) is 16.7 Å². The Kier molecular flexibility index (Phi) is 3.66. The fraction of sp³-hybridized carbons (Fsp3) is 0.545. The van der Waals surface area contributed by atoms with Gasteiger partial charge in [0, 0.05) is 30.3 Å². The summed E-state index contributed by atoms with van der Waals surface area (Å²) in [5.41, 5.74) is 0.747. The normalized spacial score (nSPS) is 16.5. The van der Waals surface area contributed by atoms with Gasteiger partial charge in [-0.1, -0.05) is 0 Å². The van der Waals surface area contributed by atoms with Crippen LogP contribution in [0.2, 0.25) is 0 Å².